The van der Waals surface area contributed by atoms with Crippen LogP contribution in [0.15, 0.2) is 18.3 Å². The number of fused-ring (bicyclic) bond motifs is 1. The van der Waals surface area contributed by atoms with Crippen molar-refractivity contribution in [3.8, 4) is 5.75 Å². The van der Waals surface area contributed by atoms with Gasteiger partial charge in [-0.05, 0) is 12.1 Å². The lowest BCUT2D eigenvalue weighted by Crippen LogP contribution is -1.85. The first-order chi connectivity index (χ1) is 6.24. The van der Waals surface area contributed by atoms with Crippen molar-refractivity contribution in [2.45, 2.75) is 0 Å². The van der Waals surface area contributed by atoms with E-state index in [2.05, 4.69) is 4.98 Å². The molecule has 4 heteroatoms. The molecule has 0 atom stereocenters. The Hall–Kier alpha value is -1.22. The Morgan fingerprint density at radius 3 is 2.92 bits per heavy atom. The van der Waals surface area contributed by atoms with Gasteiger partial charge in [0.25, 0.3) is 0 Å². The van der Waals surface area contributed by atoms with Gasteiger partial charge < -0.3 is 9.72 Å². The molecule has 0 amide bonds. The van der Waals surface area contributed by atoms with Gasteiger partial charge in [0.05, 0.1) is 23.0 Å². The summed E-state index contributed by atoms with van der Waals surface area (Å²) < 4.78 is 18.3. The summed E-state index contributed by atoms with van der Waals surface area (Å²) in [7, 11) is 1.53. The summed E-state index contributed by atoms with van der Waals surface area (Å²) in [6, 6.07) is 2.89. The number of methoxy groups -OCH3 is 1. The molecule has 68 valence electrons. The van der Waals surface area contributed by atoms with E-state index in [1.165, 1.54) is 19.4 Å². The van der Waals surface area contributed by atoms with Gasteiger partial charge in [-0.15, -0.1) is 0 Å². The molecule has 0 unspecified atom stereocenters. The van der Waals surface area contributed by atoms with Crippen LogP contribution in [0.2, 0.25) is 5.02 Å². The maximum Gasteiger partial charge on any atom is 0.143 e. The third-order valence-corrected chi connectivity index (χ3v) is 2.22. The van der Waals surface area contributed by atoms with E-state index in [1.54, 1.807) is 6.07 Å². The van der Waals surface area contributed by atoms with Crippen molar-refractivity contribution in [1.82, 2.24) is 4.98 Å². The van der Waals surface area contributed by atoms with Gasteiger partial charge in [0.2, 0.25) is 0 Å². The quantitative estimate of drug-likeness (QED) is 0.751. The van der Waals surface area contributed by atoms with Crippen LogP contribution in [0.25, 0.3) is 10.9 Å². The molecule has 2 rings (SSSR count). The van der Waals surface area contributed by atoms with E-state index in [1.807, 2.05) is 0 Å². The van der Waals surface area contributed by atoms with Gasteiger partial charge in [0.15, 0.2) is 0 Å². The van der Waals surface area contributed by atoms with Gasteiger partial charge >= 0.3 is 0 Å². The van der Waals surface area contributed by atoms with Crippen molar-refractivity contribution in [3.63, 3.8) is 0 Å². The minimum Gasteiger partial charge on any atom is -0.495 e. The van der Waals surface area contributed by atoms with Crippen LogP contribution >= 0.6 is 11.6 Å². The molecule has 0 aliphatic rings. The predicted octanol–water partition coefficient (Wildman–Crippen LogP) is 2.97. The van der Waals surface area contributed by atoms with Crippen LogP contribution < -0.4 is 4.74 Å². The number of rotatable bonds is 1. The van der Waals surface area contributed by atoms with Crippen molar-refractivity contribution in [3.05, 3.63) is 29.2 Å². The second-order valence-corrected chi connectivity index (χ2v) is 3.04. The van der Waals surface area contributed by atoms with Crippen molar-refractivity contribution in [1.29, 1.82) is 0 Å². The van der Waals surface area contributed by atoms with Crippen LogP contribution in [0.4, 0.5) is 4.39 Å². The van der Waals surface area contributed by atoms with Crippen molar-refractivity contribution >= 4 is 22.5 Å². The first-order valence-electron chi connectivity index (χ1n) is 3.73. The van der Waals surface area contributed by atoms with Crippen LogP contribution in [0, 0.1) is 5.82 Å². The highest BCUT2D eigenvalue weighted by Crippen LogP contribution is 2.31. The average Bonchev–Trinajstić information content (AvgIpc) is 2.50. The Balaban J connectivity index is 2.87. The molecule has 1 N–H and O–H groups in total. The Morgan fingerprint density at radius 2 is 2.23 bits per heavy atom. The van der Waals surface area contributed by atoms with Crippen LogP contribution in [-0.4, -0.2) is 12.1 Å². The number of hydrogen-bond donors (Lipinski definition) is 1. The van der Waals surface area contributed by atoms with Crippen molar-refractivity contribution in [2.75, 3.05) is 7.11 Å². The molecular weight excluding hydrogens is 193 g/mol. The van der Waals surface area contributed by atoms with E-state index in [0.717, 1.165) is 0 Å². The van der Waals surface area contributed by atoms with E-state index >= 15 is 0 Å². The molecule has 0 spiro atoms. The van der Waals surface area contributed by atoms with Crippen LogP contribution in [-0.2, 0) is 0 Å². The Bertz CT molecular complexity index is 452. The molecule has 13 heavy (non-hydrogen) atoms. The molecule has 0 fully saturated rings. The normalized spacial score (nSPS) is 10.7. The zero-order valence-corrected chi connectivity index (χ0v) is 7.65. The number of aromatic nitrogens is 1. The lowest BCUT2D eigenvalue weighted by atomic mass is 10.2. The van der Waals surface area contributed by atoms with Gasteiger partial charge in [-0.25, -0.2) is 4.39 Å². The third-order valence-electron chi connectivity index (χ3n) is 1.92. The molecule has 0 saturated heterocycles. The zero-order valence-electron chi connectivity index (χ0n) is 6.90. The minimum absolute atomic E-state index is 0.345. The predicted molar refractivity (Wildman–Crippen MR) is 49.8 cm³/mol. The summed E-state index contributed by atoms with van der Waals surface area (Å²) in [6.07, 6.45) is 1.54. The van der Waals surface area contributed by atoms with E-state index < -0.39 is 0 Å². The summed E-state index contributed by atoms with van der Waals surface area (Å²) in [4.78, 5) is 2.85. The summed E-state index contributed by atoms with van der Waals surface area (Å²) in [5.41, 5.74) is 0.590. The van der Waals surface area contributed by atoms with Gasteiger partial charge in [0, 0.05) is 6.20 Å². The lowest BCUT2D eigenvalue weighted by Gasteiger charge is -2.01. The molecule has 1 heterocycles. The Morgan fingerprint density at radius 1 is 1.46 bits per heavy atom. The van der Waals surface area contributed by atoms with E-state index in [-0.39, 0.29) is 5.82 Å². The topological polar surface area (TPSA) is 25.0 Å². The fourth-order valence-corrected chi connectivity index (χ4v) is 1.55. The number of H-pyrrole nitrogens is 1. The van der Waals surface area contributed by atoms with Gasteiger partial charge in [-0.2, -0.15) is 0 Å². The Kier molecular flexibility index (Phi) is 1.88. The van der Waals surface area contributed by atoms with Crippen molar-refractivity contribution in [2.24, 2.45) is 0 Å². The molecule has 0 bridgehead atoms. The van der Waals surface area contributed by atoms with Crippen LogP contribution in [0.5, 0.6) is 5.75 Å². The van der Waals surface area contributed by atoms with Gasteiger partial charge in [-0.1, -0.05) is 11.6 Å². The highest BCUT2D eigenvalue weighted by Gasteiger charge is 2.10. The van der Waals surface area contributed by atoms with Gasteiger partial charge in [0.1, 0.15) is 11.6 Å². The fraction of sp³-hybridized carbons (Fsp3) is 0.111. The largest absolute Gasteiger partial charge is 0.495 e. The summed E-state index contributed by atoms with van der Waals surface area (Å²) >= 11 is 5.78. The third kappa shape index (κ3) is 1.16. The number of halogens is 2. The molecular formula is C9H7ClFNO. The van der Waals surface area contributed by atoms with E-state index in [0.29, 0.717) is 21.7 Å². The molecule has 1 aromatic heterocycles. The second kappa shape index (κ2) is 2.92. The smallest absolute Gasteiger partial charge is 0.143 e. The number of hydrogen-bond acceptors (Lipinski definition) is 1. The minimum atomic E-state index is -0.345. The van der Waals surface area contributed by atoms with Crippen molar-refractivity contribution < 1.29 is 9.13 Å². The van der Waals surface area contributed by atoms with E-state index in [9.17, 15) is 4.39 Å². The molecule has 2 aromatic rings. The first-order valence-corrected chi connectivity index (χ1v) is 4.11. The molecule has 0 aliphatic carbocycles. The van der Waals surface area contributed by atoms with Gasteiger partial charge in [-0.3, -0.25) is 0 Å². The maximum atomic E-state index is 13.2. The molecule has 2 nitrogen and oxygen atoms in total. The maximum absolute atomic E-state index is 13.2. The fourth-order valence-electron chi connectivity index (χ4n) is 1.31. The number of aromatic amines is 1. The SMILES string of the molecule is COc1ccc(F)c2c(Cl)c[nH]c12. The standard InChI is InChI=1S/C9H7ClFNO/c1-13-7-3-2-6(11)8-5(10)4-12-9(7)8/h2-4,12H,1H3. The summed E-state index contributed by atoms with van der Waals surface area (Å²) in [5, 5.41) is 0.743. The summed E-state index contributed by atoms with van der Waals surface area (Å²) in [5.74, 6) is 0.241. The monoisotopic (exact) mass is 199 g/mol. The molecule has 1 aromatic carbocycles. The number of ether oxygens (including phenoxy) is 1. The number of benzene rings is 1. The molecule has 0 radical (unpaired) electrons. The first kappa shape index (κ1) is 8.38. The highest BCUT2D eigenvalue weighted by molar-refractivity contribution is 6.35. The zero-order chi connectivity index (χ0) is 9.42. The average molecular weight is 200 g/mol. The second-order valence-electron chi connectivity index (χ2n) is 2.64. The van der Waals surface area contributed by atoms with E-state index in [4.69, 9.17) is 16.3 Å². The highest BCUT2D eigenvalue weighted by atomic mass is 35.5. The van der Waals surface area contributed by atoms with Crippen LogP contribution in [0.3, 0.4) is 0 Å². The summed E-state index contributed by atoms with van der Waals surface area (Å²) in [6.45, 7) is 0. The Labute approximate surface area is 79.3 Å². The number of nitrogens with one attached hydrogen (secondary N) is 1. The lowest BCUT2D eigenvalue weighted by molar-refractivity contribution is 0.418. The molecule has 0 aliphatic heterocycles. The molecule has 0 saturated carbocycles. The van der Waals surface area contributed by atoms with Crippen LogP contribution in [0.1, 0.15) is 0 Å².